The summed E-state index contributed by atoms with van der Waals surface area (Å²) < 4.78 is 48.5. The summed E-state index contributed by atoms with van der Waals surface area (Å²) in [4.78, 5) is 28.2. The number of anilines is 1. The van der Waals surface area contributed by atoms with Gasteiger partial charge in [-0.15, -0.1) is 13.2 Å². The highest BCUT2D eigenvalue weighted by Crippen LogP contribution is 2.35. The number of pyridine rings is 1. The summed E-state index contributed by atoms with van der Waals surface area (Å²) in [5.74, 6) is -2.62. The van der Waals surface area contributed by atoms with E-state index in [0.717, 1.165) is 23.4 Å². The van der Waals surface area contributed by atoms with Crippen LogP contribution in [0.4, 0.5) is 18.9 Å². The van der Waals surface area contributed by atoms with E-state index in [4.69, 9.17) is 16.3 Å². The number of aliphatic carboxylic acids is 1. The number of ether oxygens (including phenoxy) is 2. The van der Waals surface area contributed by atoms with Crippen molar-refractivity contribution in [1.29, 1.82) is 0 Å². The molecule has 0 unspecified atom stereocenters. The number of halogens is 4. The van der Waals surface area contributed by atoms with Crippen molar-refractivity contribution in [1.82, 2.24) is 9.55 Å². The molecule has 3 aromatic carbocycles. The number of carboxylic acids is 2. The van der Waals surface area contributed by atoms with E-state index in [1.54, 1.807) is 53.2 Å². The molecule has 0 aliphatic rings. The monoisotopic (exact) mass is 611 g/mol. The van der Waals surface area contributed by atoms with Gasteiger partial charge in [-0.05, 0) is 78.4 Å². The number of rotatable bonds is 10. The number of alkyl halides is 3. The number of fused-ring (bicyclic) bond motifs is 1. The van der Waals surface area contributed by atoms with Gasteiger partial charge in [-0.25, -0.2) is 9.78 Å². The SMILES string of the molecule is O=C(O)Cc1c(C(=O)O)c2cc(Oc3ccc(OC(F)(F)F)cc3)ccc2n1-c1ccc(NCc2ccc(Cl)nc2)cc1. The topological polar surface area (TPSA) is 123 Å². The van der Waals surface area contributed by atoms with Crippen LogP contribution in [0.1, 0.15) is 21.6 Å². The highest BCUT2D eigenvalue weighted by atomic mass is 35.5. The molecule has 13 heteroatoms. The molecule has 2 aromatic heterocycles. The molecule has 0 amide bonds. The first-order valence-electron chi connectivity index (χ1n) is 12.6. The summed E-state index contributed by atoms with van der Waals surface area (Å²) in [6, 6.07) is 19.8. The summed E-state index contributed by atoms with van der Waals surface area (Å²) in [5.41, 5.74) is 2.45. The van der Waals surface area contributed by atoms with Crippen molar-refractivity contribution >= 4 is 40.1 Å². The summed E-state index contributed by atoms with van der Waals surface area (Å²) in [6.07, 6.45) is -3.76. The van der Waals surface area contributed by atoms with Crippen LogP contribution in [0.25, 0.3) is 16.6 Å². The standard InChI is InChI=1S/C30H21ClF3N3O6/c31-26-12-1-17(16-36-26)15-35-18-2-4-19(5-3-18)37-24-11-10-22(13-23(24)28(29(40)41)25(37)14-27(38)39)42-20-6-8-21(9-7-20)43-30(32,33)34/h1-13,16,35H,14-15H2,(H,38,39)(H,40,41). The third-order valence-corrected chi connectivity index (χ3v) is 6.50. The zero-order valence-corrected chi connectivity index (χ0v) is 22.7. The Kier molecular flexibility index (Phi) is 8.13. The zero-order valence-electron chi connectivity index (χ0n) is 21.9. The molecule has 0 saturated heterocycles. The van der Waals surface area contributed by atoms with Gasteiger partial charge in [0.15, 0.2) is 0 Å². The number of benzene rings is 3. The number of nitrogens with zero attached hydrogens (tertiary/aromatic N) is 2. The fourth-order valence-electron chi connectivity index (χ4n) is 4.52. The van der Waals surface area contributed by atoms with Crippen LogP contribution in [0.15, 0.2) is 85.1 Å². The van der Waals surface area contributed by atoms with Crippen LogP contribution >= 0.6 is 11.6 Å². The van der Waals surface area contributed by atoms with Crippen LogP contribution in [0.2, 0.25) is 5.15 Å². The van der Waals surface area contributed by atoms with Crippen LogP contribution in [0.5, 0.6) is 17.2 Å². The highest BCUT2D eigenvalue weighted by Gasteiger charge is 2.31. The molecule has 9 nitrogen and oxygen atoms in total. The minimum atomic E-state index is -4.84. The Labute approximate surface area is 246 Å². The maximum atomic E-state index is 12.5. The maximum absolute atomic E-state index is 12.5. The van der Waals surface area contributed by atoms with Crippen molar-refractivity contribution in [2.45, 2.75) is 19.3 Å². The van der Waals surface area contributed by atoms with E-state index in [0.29, 0.717) is 22.9 Å². The van der Waals surface area contributed by atoms with Crippen molar-refractivity contribution < 1.29 is 42.4 Å². The van der Waals surface area contributed by atoms with Crippen LogP contribution in [0, 0.1) is 0 Å². The van der Waals surface area contributed by atoms with Gasteiger partial charge in [-0.2, -0.15) is 0 Å². The zero-order chi connectivity index (χ0) is 30.7. The van der Waals surface area contributed by atoms with E-state index in [1.807, 2.05) is 6.07 Å². The second-order valence-corrected chi connectivity index (χ2v) is 9.61. The van der Waals surface area contributed by atoms with Gasteiger partial charge in [-0.1, -0.05) is 17.7 Å². The molecular weight excluding hydrogens is 591 g/mol. The van der Waals surface area contributed by atoms with Crippen LogP contribution in [0.3, 0.4) is 0 Å². The molecule has 0 bridgehead atoms. The molecule has 220 valence electrons. The number of hydrogen-bond donors (Lipinski definition) is 3. The van der Waals surface area contributed by atoms with E-state index in [-0.39, 0.29) is 28.1 Å². The first-order valence-corrected chi connectivity index (χ1v) is 13.0. The van der Waals surface area contributed by atoms with Crippen molar-refractivity contribution in [3.05, 3.63) is 107 Å². The van der Waals surface area contributed by atoms with E-state index >= 15 is 0 Å². The molecule has 43 heavy (non-hydrogen) atoms. The van der Waals surface area contributed by atoms with Gasteiger partial charge in [0.05, 0.1) is 17.5 Å². The molecule has 0 atom stereocenters. The molecule has 3 N–H and O–H groups in total. The third-order valence-electron chi connectivity index (χ3n) is 6.27. The van der Waals surface area contributed by atoms with Gasteiger partial charge in [0.2, 0.25) is 0 Å². The van der Waals surface area contributed by atoms with Crippen molar-refractivity contribution in [3.8, 4) is 22.9 Å². The lowest BCUT2D eigenvalue weighted by Crippen LogP contribution is -2.16. The first-order chi connectivity index (χ1) is 20.5. The van der Waals surface area contributed by atoms with E-state index in [2.05, 4.69) is 15.0 Å². The van der Waals surface area contributed by atoms with Gasteiger partial charge in [-0.3, -0.25) is 4.79 Å². The highest BCUT2D eigenvalue weighted by molar-refractivity contribution is 6.29. The first kappa shape index (κ1) is 29.3. The molecule has 5 aromatic rings. The van der Waals surface area contributed by atoms with Gasteiger partial charge in [0.25, 0.3) is 0 Å². The van der Waals surface area contributed by atoms with Gasteiger partial charge in [0, 0.05) is 35.2 Å². The molecule has 5 rings (SSSR count). The largest absolute Gasteiger partial charge is 0.573 e. The average molecular weight is 612 g/mol. The molecule has 0 aliphatic carbocycles. The molecule has 0 fully saturated rings. The number of carbonyl (C=O) groups is 2. The van der Waals surface area contributed by atoms with Crippen molar-refractivity contribution in [2.75, 3.05) is 5.32 Å². The normalized spacial score (nSPS) is 11.3. The predicted molar refractivity (Wildman–Crippen MR) is 151 cm³/mol. The van der Waals surface area contributed by atoms with Crippen molar-refractivity contribution in [3.63, 3.8) is 0 Å². The lowest BCUT2D eigenvalue weighted by atomic mass is 10.1. The van der Waals surface area contributed by atoms with E-state index in [9.17, 15) is 33.0 Å². The molecule has 0 radical (unpaired) electrons. The van der Waals surface area contributed by atoms with E-state index < -0.39 is 30.5 Å². The average Bonchev–Trinajstić information content (AvgIpc) is 3.26. The number of carboxylic acid groups (broad SMARTS) is 2. The Morgan fingerprint density at radius 3 is 2.19 bits per heavy atom. The number of hydrogen-bond acceptors (Lipinski definition) is 6. The van der Waals surface area contributed by atoms with Crippen LogP contribution in [-0.4, -0.2) is 38.1 Å². The van der Waals surface area contributed by atoms with Crippen LogP contribution in [-0.2, 0) is 17.8 Å². The third kappa shape index (κ3) is 6.99. The van der Waals surface area contributed by atoms with E-state index in [1.165, 1.54) is 18.2 Å². The minimum absolute atomic E-state index is 0.0498. The molecule has 2 heterocycles. The van der Waals surface area contributed by atoms with Gasteiger partial charge in [0.1, 0.15) is 22.4 Å². The summed E-state index contributed by atoms with van der Waals surface area (Å²) >= 11 is 5.83. The Hall–Kier alpha value is -5.23. The fourth-order valence-corrected chi connectivity index (χ4v) is 4.63. The summed E-state index contributed by atoms with van der Waals surface area (Å²) in [6.45, 7) is 0.476. The predicted octanol–water partition coefficient (Wildman–Crippen LogP) is 7.31. The molecule has 0 spiro atoms. The summed E-state index contributed by atoms with van der Waals surface area (Å²) in [7, 11) is 0. The molecule has 0 aliphatic heterocycles. The van der Waals surface area contributed by atoms with Gasteiger partial charge < -0.3 is 29.6 Å². The Morgan fingerprint density at radius 2 is 1.58 bits per heavy atom. The number of aromatic nitrogens is 2. The summed E-state index contributed by atoms with van der Waals surface area (Å²) in [5, 5.41) is 23.6. The Morgan fingerprint density at radius 1 is 0.907 bits per heavy atom. The second kappa shape index (κ2) is 11.9. The maximum Gasteiger partial charge on any atom is 0.573 e. The second-order valence-electron chi connectivity index (χ2n) is 9.22. The molecule has 0 saturated carbocycles. The number of nitrogens with one attached hydrogen (secondary N) is 1. The minimum Gasteiger partial charge on any atom is -0.481 e. The quantitative estimate of drug-likeness (QED) is 0.141. The lowest BCUT2D eigenvalue weighted by molar-refractivity contribution is -0.274. The van der Waals surface area contributed by atoms with Crippen molar-refractivity contribution in [2.24, 2.45) is 0 Å². The van der Waals surface area contributed by atoms with Gasteiger partial charge >= 0.3 is 18.3 Å². The molecular formula is C30H21ClF3N3O6. The van der Waals surface area contributed by atoms with Crippen LogP contribution < -0.4 is 14.8 Å². The number of aromatic carboxylic acids is 1. The smallest absolute Gasteiger partial charge is 0.481 e. The Balaban J connectivity index is 1.47. The fraction of sp³-hybridized carbons (Fsp3) is 0.100. The lowest BCUT2D eigenvalue weighted by Gasteiger charge is -2.13. The Bertz CT molecular complexity index is 1790.